The van der Waals surface area contributed by atoms with Crippen LogP contribution in [0.4, 0.5) is 0 Å². The fraction of sp³-hybridized carbons (Fsp3) is 0.625. The molecular formula is C16H23NOS2. The smallest absolute Gasteiger partial charge is 0.0681 e. The first-order valence-corrected chi connectivity index (χ1v) is 8.86. The van der Waals surface area contributed by atoms with Gasteiger partial charge in [0.25, 0.3) is 0 Å². The molecule has 2 aromatic rings. The van der Waals surface area contributed by atoms with Gasteiger partial charge in [0.05, 0.1) is 11.2 Å². The molecule has 1 aliphatic rings. The van der Waals surface area contributed by atoms with E-state index in [1.54, 1.807) is 0 Å². The van der Waals surface area contributed by atoms with Crippen LogP contribution in [0, 0.1) is 5.92 Å². The summed E-state index contributed by atoms with van der Waals surface area (Å²) in [6, 6.07) is 4.95. The molecule has 2 atom stereocenters. The highest BCUT2D eigenvalue weighted by molar-refractivity contribution is 7.26. The first kappa shape index (κ1) is 14.5. The maximum Gasteiger partial charge on any atom is 0.0681 e. The van der Waals surface area contributed by atoms with Crippen molar-refractivity contribution in [3.8, 4) is 0 Å². The van der Waals surface area contributed by atoms with E-state index in [2.05, 4.69) is 57.6 Å². The molecule has 3 rings (SSSR count). The largest absolute Gasteiger partial charge is 0.369 e. The molecule has 2 unspecified atom stereocenters. The Hall–Kier alpha value is -0.420. The van der Waals surface area contributed by atoms with Crippen molar-refractivity contribution in [2.75, 3.05) is 7.05 Å². The number of thiophene rings is 2. The molecule has 0 amide bonds. The van der Waals surface area contributed by atoms with Crippen molar-refractivity contribution in [3.05, 3.63) is 22.4 Å². The lowest BCUT2D eigenvalue weighted by Gasteiger charge is -2.32. The summed E-state index contributed by atoms with van der Waals surface area (Å²) in [5.74, 6) is 0.496. The van der Waals surface area contributed by atoms with Crippen LogP contribution in [0.15, 0.2) is 17.5 Å². The molecule has 1 aliphatic heterocycles. The molecule has 1 N–H and O–H groups in total. The molecule has 20 heavy (non-hydrogen) atoms. The highest BCUT2D eigenvalue weighted by Gasteiger charge is 2.49. The lowest BCUT2D eigenvalue weighted by molar-refractivity contribution is -0.0775. The summed E-state index contributed by atoms with van der Waals surface area (Å²) in [7, 11) is 2.07. The average molecular weight is 310 g/mol. The number of rotatable bonds is 3. The molecule has 0 radical (unpaired) electrons. The van der Waals surface area contributed by atoms with Gasteiger partial charge in [-0.15, -0.1) is 22.7 Å². The van der Waals surface area contributed by atoms with Crippen LogP contribution in [0.1, 0.15) is 45.0 Å². The number of hydrogen-bond acceptors (Lipinski definition) is 4. The Kier molecular flexibility index (Phi) is 3.49. The number of ether oxygens (including phenoxy) is 1. The van der Waals surface area contributed by atoms with E-state index in [0.29, 0.717) is 12.0 Å². The molecule has 3 heterocycles. The summed E-state index contributed by atoms with van der Waals surface area (Å²) < 4.78 is 9.08. The lowest BCUT2D eigenvalue weighted by Crippen LogP contribution is -2.36. The van der Waals surface area contributed by atoms with Crippen LogP contribution in [0.2, 0.25) is 0 Å². The van der Waals surface area contributed by atoms with Crippen molar-refractivity contribution >= 4 is 32.1 Å². The zero-order valence-electron chi connectivity index (χ0n) is 12.8. The summed E-state index contributed by atoms with van der Waals surface area (Å²) in [4.78, 5) is 1.44. The molecular weight excluding hydrogens is 286 g/mol. The van der Waals surface area contributed by atoms with Crippen molar-refractivity contribution < 1.29 is 4.74 Å². The molecule has 4 heteroatoms. The third-order valence-electron chi connectivity index (χ3n) is 4.32. The molecule has 2 nitrogen and oxygen atoms in total. The van der Waals surface area contributed by atoms with Crippen molar-refractivity contribution in [3.63, 3.8) is 0 Å². The molecule has 0 aromatic carbocycles. The first-order chi connectivity index (χ1) is 9.32. The predicted molar refractivity (Wildman–Crippen MR) is 88.9 cm³/mol. The standard InChI is InChI=1S/C16H23NOS2/c1-15(2)9-10(16(3,4)18-15)14(17-5)13-8-12-11(20-13)6-7-19-12/h6-8,10,14,17H,9H2,1-5H3. The van der Waals surface area contributed by atoms with Crippen LogP contribution in [0.5, 0.6) is 0 Å². The van der Waals surface area contributed by atoms with Crippen LogP contribution in [0.3, 0.4) is 0 Å². The summed E-state index contributed by atoms with van der Waals surface area (Å²) in [5, 5.41) is 5.71. The van der Waals surface area contributed by atoms with Crippen molar-refractivity contribution in [1.29, 1.82) is 0 Å². The van der Waals surface area contributed by atoms with Crippen molar-refractivity contribution in [2.24, 2.45) is 5.92 Å². The Balaban J connectivity index is 1.95. The van der Waals surface area contributed by atoms with E-state index in [1.165, 1.54) is 14.3 Å². The molecule has 0 bridgehead atoms. The average Bonchev–Trinajstić information content (AvgIpc) is 2.91. The minimum Gasteiger partial charge on any atom is -0.369 e. The van der Waals surface area contributed by atoms with Gasteiger partial charge in [0.15, 0.2) is 0 Å². The Morgan fingerprint density at radius 1 is 1.30 bits per heavy atom. The topological polar surface area (TPSA) is 21.3 Å². The minimum absolute atomic E-state index is 0.0299. The number of nitrogens with one attached hydrogen (secondary N) is 1. The van der Waals surface area contributed by atoms with E-state index in [4.69, 9.17) is 4.74 Å². The predicted octanol–water partition coefficient (Wildman–Crippen LogP) is 4.82. The molecule has 1 fully saturated rings. The highest BCUT2D eigenvalue weighted by atomic mass is 32.1. The molecule has 0 aliphatic carbocycles. The quantitative estimate of drug-likeness (QED) is 0.878. The second kappa shape index (κ2) is 4.80. The zero-order chi connectivity index (χ0) is 14.5. The summed E-state index contributed by atoms with van der Waals surface area (Å²) in [6.07, 6.45) is 1.09. The van der Waals surface area contributed by atoms with E-state index < -0.39 is 0 Å². The number of hydrogen-bond donors (Lipinski definition) is 1. The van der Waals surface area contributed by atoms with Gasteiger partial charge < -0.3 is 10.1 Å². The Morgan fingerprint density at radius 2 is 2.05 bits per heavy atom. The van der Waals surface area contributed by atoms with E-state index in [1.807, 2.05) is 22.7 Å². The zero-order valence-corrected chi connectivity index (χ0v) is 14.5. The van der Waals surface area contributed by atoms with E-state index in [9.17, 15) is 0 Å². The number of fused-ring (bicyclic) bond motifs is 1. The third kappa shape index (κ3) is 2.43. The van der Waals surface area contributed by atoms with Crippen LogP contribution in [0.25, 0.3) is 9.40 Å². The van der Waals surface area contributed by atoms with E-state index in [0.717, 1.165) is 6.42 Å². The van der Waals surface area contributed by atoms with Crippen LogP contribution in [-0.4, -0.2) is 18.2 Å². The Morgan fingerprint density at radius 3 is 2.60 bits per heavy atom. The van der Waals surface area contributed by atoms with Crippen LogP contribution >= 0.6 is 22.7 Å². The summed E-state index contributed by atoms with van der Waals surface area (Å²) >= 11 is 3.75. The Bertz CT molecular complexity index is 582. The fourth-order valence-corrected chi connectivity index (χ4v) is 5.90. The van der Waals surface area contributed by atoms with Gasteiger partial charge in [-0.05, 0) is 58.7 Å². The van der Waals surface area contributed by atoms with Crippen LogP contribution < -0.4 is 5.32 Å². The molecule has 0 saturated carbocycles. The lowest BCUT2D eigenvalue weighted by atomic mass is 9.81. The van der Waals surface area contributed by atoms with Gasteiger partial charge in [-0.1, -0.05) is 0 Å². The van der Waals surface area contributed by atoms with E-state index >= 15 is 0 Å². The second-order valence-corrected chi connectivity index (χ2v) is 8.90. The monoisotopic (exact) mass is 309 g/mol. The van der Waals surface area contributed by atoms with Gasteiger partial charge >= 0.3 is 0 Å². The van der Waals surface area contributed by atoms with Crippen LogP contribution in [-0.2, 0) is 4.74 Å². The molecule has 0 spiro atoms. The second-order valence-electron chi connectivity index (χ2n) is 6.84. The maximum absolute atomic E-state index is 6.28. The normalized spacial score (nSPS) is 26.1. The van der Waals surface area contributed by atoms with Gasteiger partial charge in [0.2, 0.25) is 0 Å². The van der Waals surface area contributed by atoms with Gasteiger partial charge in [-0.3, -0.25) is 0 Å². The van der Waals surface area contributed by atoms with E-state index in [-0.39, 0.29) is 11.2 Å². The van der Waals surface area contributed by atoms with Gasteiger partial charge in [0, 0.05) is 26.2 Å². The maximum atomic E-state index is 6.28. The minimum atomic E-state index is -0.0887. The fourth-order valence-electron chi connectivity index (χ4n) is 3.60. The SMILES string of the molecule is CNC(c1cc2sccc2s1)C1CC(C)(C)OC1(C)C. The summed E-state index contributed by atoms with van der Waals surface area (Å²) in [5.41, 5.74) is -0.119. The Labute approximate surface area is 129 Å². The third-order valence-corrected chi connectivity index (χ3v) is 6.50. The van der Waals surface area contributed by atoms with Gasteiger partial charge in [-0.2, -0.15) is 0 Å². The highest BCUT2D eigenvalue weighted by Crippen LogP contribution is 2.49. The molecule has 2 aromatic heterocycles. The molecule has 110 valence electrons. The van der Waals surface area contributed by atoms with Crippen molar-refractivity contribution in [1.82, 2.24) is 5.32 Å². The summed E-state index contributed by atoms with van der Waals surface area (Å²) in [6.45, 7) is 8.86. The molecule has 1 saturated heterocycles. The van der Waals surface area contributed by atoms with Crippen molar-refractivity contribution in [2.45, 2.75) is 51.4 Å². The van der Waals surface area contributed by atoms with Gasteiger partial charge in [0.1, 0.15) is 0 Å². The van der Waals surface area contributed by atoms with Gasteiger partial charge in [-0.25, -0.2) is 0 Å². The first-order valence-electron chi connectivity index (χ1n) is 7.17.